The van der Waals surface area contributed by atoms with E-state index in [1.54, 1.807) is 0 Å². The highest BCUT2D eigenvalue weighted by Gasteiger charge is 2.55. The van der Waals surface area contributed by atoms with Crippen LogP contribution < -0.4 is 66.3 Å². The zero-order valence-electron chi connectivity index (χ0n) is 58.5. The molecule has 0 aliphatic carbocycles. The molecule has 13 aromatic carbocycles. The maximum absolute atomic E-state index is 15.4. The first-order chi connectivity index (χ1) is 57.7. The Morgan fingerprint density at radius 1 is 0.171 bits per heavy atom. The minimum absolute atomic E-state index is 0.0957. The lowest BCUT2D eigenvalue weighted by atomic mass is 9.12. The standard InChI is InChI=1S/C31H25IS.2C24BF20/c32-31-14-8-7-13-30(31)26-19-15-24(16-20-26)23-25-17-21-29(22-18-25)33(27-9-3-1-4-10-27)28-11-5-2-6-12-28;2*26-5-1(6(27)14(35)21(42)13(5)34)25(2-7(28)15(36)22(43)16(37)8(2)29,3-9(30)17(38)23(44)18(39)10(3)31)4-11(32)19(40)24(45)20(41)12(4)33/h1-22,32H,23H2;;/q+2;2*-1. The van der Waals surface area contributed by atoms with Crippen LogP contribution in [0.1, 0.15) is 11.1 Å². The van der Waals surface area contributed by atoms with Gasteiger partial charge in [0, 0.05) is 5.56 Å². The monoisotopic (exact) mass is 1910 g/mol. The Bertz CT molecular complexity index is 5380. The van der Waals surface area contributed by atoms with Crippen LogP contribution in [0.2, 0.25) is 0 Å². The molecule has 0 bridgehead atoms. The molecule has 0 spiro atoms. The SMILES string of the molecule is Fc1c(F)c(F)c([B-](c2c(F)c(F)c(F)c(F)c2F)(c2c(F)c(F)c(F)c(F)c2F)c2c(F)c(F)c(F)c(F)c2F)c(F)c1F.Fc1c(F)c(F)c([B-](c2c(F)c(F)c(F)c(F)c2F)(c2c(F)c(F)c(F)c(F)c2F)c2c(F)c(F)c(F)c(F)c2F)c(F)c1F.[IH+]c1ccccc1-c1ccc(Cc2ccc([S+](c3ccccc3)c3ccccc3)cc2)cc1. The molecule has 44 heteroatoms. The van der Waals surface area contributed by atoms with Gasteiger partial charge < -0.3 is 0 Å². The summed E-state index contributed by atoms with van der Waals surface area (Å²) in [6, 6.07) is 48.4. The van der Waals surface area contributed by atoms with Crippen LogP contribution in [0, 0.1) is 236 Å². The Kier molecular flexibility index (Phi) is 26.1. The fourth-order valence-corrected chi connectivity index (χ4v) is 16.6. The highest BCUT2D eigenvalue weighted by atomic mass is 127. The molecular weight excluding hydrogens is 1890 g/mol. The molecule has 0 saturated carbocycles. The maximum Gasteiger partial charge on any atom is 0.297 e. The molecule has 13 aromatic rings. The summed E-state index contributed by atoms with van der Waals surface area (Å²) in [5.74, 6) is -143. The average molecular weight is 1910 g/mol. The fraction of sp³-hybridized carbons (Fsp3) is 0.0127. The first kappa shape index (κ1) is 92.0. The Morgan fingerprint density at radius 3 is 0.512 bits per heavy atom. The van der Waals surface area contributed by atoms with Crippen molar-refractivity contribution in [1.29, 1.82) is 0 Å². The van der Waals surface area contributed by atoms with Gasteiger partial charge in [-0.3, -0.25) is 0 Å². The molecule has 0 heterocycles. The van der Waals surface area contributed by atoms with Gasteiger partial charge in [0.15, 0.2) is 158 Å². The van der Waals surface area contributed by atoms with Crippen LogP contribution in [-0.4, -0.2) is 12.3 Å². The van der Waals surface area contributed by atoms with E-state index in [-0.39, 0.29) is 10.9 Å². The van der Waals surface area contributed by atoms with Crippen molar-refractivity contribution >= 4 is 66.9 Å². The lowest BCUT2D eigenvalue weighted by Crippen LogP contribution is -3.34. The molecule has 0 saturated heterocycles. The summed E-state index contributed by atoms with van der Waals surface area (Å²) in [6.45, 7) is 0. The molecule has 123 heavy (non-hydrogen) atoms. The number of benzene rings is 13. The van der Waals surface area contributed by atoms with Crippen LogP contribution in [0.4, 0.5) is 176 Å². The van der Waals surface area contributed by atoms with Crippen LogP contribution in [0.3, 0.4) is 0 Å². The molecule has 0 aliphatic rings. The van der Waals surface area contributed by atoms with E-state index in [1.807, 2.05) is 0 Å². The number of hydrogen-bond donors (Lipinski definition) is 0. The molecule has 0 aliphatic heterocycles. The van der Waals surface area contributed by atoms with Crippen LogP contribution >= 0.6 is 0 Å². The molecule has 0 unspecified atom stereocenters. The molecule has 0 amide bonds. The Balaban J connectivity index is 0.000000182. The van der Waals surface area contributed by atoms with Crippen molar-refractivity contribution in [3.05, 3.63) is 381 Å². The maximum atomic E-state index is 15.4. The van der Waals surface area contributed by atoms with Crippen molar-refractivity contribution in [2.24, 2.45) is 0 Å². The smallest absolute Gasteiger partial charge is 0.207 e. The summed E-state index contributed by atoms with van der Waals surface area (Å²) >= 11 is 2.09. The van der Waals surface area contributed by atoms with E-state index in [2.05, 4.69) is 156 Å². The summed E-state index contributed by atoms with van der Waals surface area (Å²) in [6.07, 6.45) is -13.5. The second-order valence-electron chi connectivity index (χ2n) is 25.5. The van der Waals surface area contributed by atoms with Gasteiger partial charge >= 0.3 is 0 Å². The second kappa shape index (κ2) is 34.9. The van der Waals surface area contributed by atoms with Crippen molar-refractivity contribution in [3.8, 4) is 11.1 Å². The topological polar surface area (TPSA) is 0 Å². The van der Waals surface area contributed by atoms with Crippen molar-refractivity contribution in [2.75, 3.05) is 0 Å². The molecule has 640 valence electrons. The normalized spacial score (nSPS) is 11.7. The van der Waals surface area contributed by atoms with Crippen LogP contribution in [0.5, 0.6) is 0 Å². The summed E-state index contributed by atoms with van der Waals surface area (Å²) in [5.41, 5.74) is -23.4. The molecule has 13 rings (SSSR count). The molecule has 0 atom stereocenters. The summed E-state index contributed by atoms with van der Waals surface area (Å²) in [5, 5.41) is 0. The third-order valence-corrected chi connectivity index (χ3v) is 22.3. The van der Waals surface area contributed by atoms with Gasteiger partial charge in [0.25, 0.3) is 22.6 Å². The van der Waals surface area contributed by atoms with Gasteiger partial charge in [0.1, 0.15) is 105 Å². The second-order valence-corrected chi connectivity index (χ2v) is 28.8. The molecule has 0 aromatic heterocycles. The molecule has 0 radical (unpaired) electrons. The fourth-order valence-electron chi connectivity index (χ4n) is 13.8. The van der Waals surface area contributed by atoms with Gasteiger partial charge in [-0.2, -0.15) is 0 Å². The third kappa shape index (κ3) is 14.8. The highest BCUT2D eigenvalue weighted by Crippen LogP contribution is 2.37. The van der Waals surface area contributed by atoms with Gasteiger partial charge in [0.05, 0.1) is 10.9 Å². The Morgan fingerprint density at radius 2 is 0.325 bits per heavy atom. The minimum atomic E-state index is -7.22. The van der Waals surface area contributed by atoms with Crippen LogP contribution in [0.15, 0.2) is 148 Å². The van der Waals surface area contributed by atoms with E-state index < -0.39 is 289 Å². The van der Waals surface area contributed by atoms with Crippen LogP contribution in [-0.2, 0) is 17.3 Å². The van der Waals surface area contributed by atoms with Crippen molar-refractivity contribution in [2.45, 2.75) is 21.1 Å². The summed E-state index contributed by atoms with van der Waals surface area (Å²) < 4.78 is 589. The van der Waals surface area contributed by atoms with E-state index in [9.17, 15) is 105 Å². The largest absolute Gasteiger partial charge is 0.297 e. The quantitative estimate of drug-likeness (QED) is 0.0254. The van der Waals surface area contributed by atoms with Gasteiger partial charge in [0.2, 0.25) is 0 Å². The van der Waals surface area contributed by atoms with Gasteiger partial charge in [-0.15, -0.1) is 43.7 Å². The summed E-state index contributed by atoms with van der Waals surface area (Å²) in [7, 11) is -0.0957. The van der Waals surface area contributed by atoms with Gasteiger partial charge in [-0.1, -0.05) is 84.9 Å². The first-order valence-electron chi connectivity index (χ1n) is 32.9. The lowest BCUT2D eigenvalue weighted by Gasteiger charge is -2.44. The zero-order chi connectivity index (χ0) is 91.2. The third-order valence-electron chi connectivity index (χ3n) is 19.1. The van der Waals surface area contributed by atoms with Gasteiger partial charge in [-0.05, 0) is 71.6 Å². The molecule has 0 N–H and O–H groups in total. The Hall–Kier alpha value is -11.7. The molecular formula is C79H25B2F40IS. The van der Waals surface area contributed by atoms with E-state index in [0.29, 0.717) is 0 Å². The minimum Gasteiger partial charge on any atom is -0.207 e. The van der Waals surface area contributed by atoms with E-state index in [4.69, 9.17) is 0 Å². The van der Waals surface area contributed by atoms with Gasteiger partial charge in [-0.25, -0.2) is 176 Å². The van der Waals surface area contributed by atoms with Crippen molar-refractivity contribution in [3.63, 3.8) is 0 Å². The van der Waals surface area contributed by atoms with E-state index >= 15 is 70.2 Å². The summed E-state index contributed by atoms with van der Waals surface area (Å²) in [4.78, 5) is 4.05. The van der Waals surface area contributed by atoms with E-state index in [1.165, 1.54) is 40.5 Å². The number of halogens is 41. The van der Waals surface area contributed by atoms with E-state index in [0.717, 1.165) is 6.42 Å². The zero-order valence-corrected chi connectivity index (χ0v) is 61.6. The lowest BCUT2D eigenvalue weighted by molar-refractivity contribution is -0.326. The number of rotatable bonds is 14. The predicted molar refractivity (Wildman–Crippen MR) is 355 cm³/mol. The first-order valence-corrected chi connectivity index (χ1v) is 35.3. The molecule has 0 nitrogen and oxygen atoms in total. The highest BCUT2D eigenvalue weighted by molar-refractivity contribution is 7.97. The average Bonchev–Trinajstić information content (AvgIpc) is 0.684. The Labute approximate surface area is 675 Å². The van der Waals surface area contributed by atoms with Crippen molar-refractivity contribution in [1.82, 2.24) is 0 Å². The number of hydrogen-bond acceptors (Lipinski definition) is 0. The molecule has 0 fully saturated rings. The van der Waals surface area contributed by atoms with Crippen molar-refractivity contribution < 1.29 is 198 Å². The van der Waals surface area contributed by atoms with Crippen LogP contribution in [0.25, 0.3) is 11.1 Å². The predicted octanol–water partition coefficient (Wildman–Crippen LogP) is 16.2.